The standard InChI is InChI=1S/C18H23N5O2/c1-14(2)25-16-5-3-15(4-6-16)20-17-7-8-19-18(21-17)23-11-9-22(13-24)10-12-23/h3-8,13-14H,9-12H2,1-2H3,(H,19,20,21). The number of carbonyl (C=O) groups is 1. The molecular formula is C18H23N5O2. The van der Waals surface area contributed by atoms with Crippen LogP contribution >= 0.6 is 0 Å². The minimum absolute atomic E-state index is 0.155. The number of piperazine rings is 1. The smallest absolute Gasteiger partial charge is 0.227 e. The van der Waals surface area contributed by atoms with Crippen molar-refractivity contribution >= 4 is 23.9 Å². The molecule has 1 saturated heterocycles. The van der Waals surface area contributed by atoms with Crippen LogP contribution < -0.4 is 15.0 Å². The molecule has 0 radical (unpaired) electrons. The van der Waals surface area contributed by atoms with E-state index in [2.05, 4.69) is 20.2 Å². The van der Waals surface area contributed by atoms with Crippen LogP contribution in [-0.4, -0.2) is 53.6 Å². The molecule has 0 aliphatic carbocycles. The van der Waals surface area contributed by atoms with E-state index in [0.29, 0.717) is 19.0 Å². The largest absolute Gasteiger partial charge is 0.491 e. The molecule has 1 aromatic carbocycles. The Labute approximate surface area is 147 Å². The molecule has 0 spiro atoms. The Kier molecular flexibility index (Phi) is 5.33. The van der Waals surface area contributed by atoms with E-state index in [-0.39, 0.29) is 6.10 Å². The Morgan fingerprint density at radius 2 is 1.84 bits per heavy atom. The van der Waals surface area contributed by atoms with Crippen LogP contribution in [0.4, 0.5) is 17.5 Å². The third-order valence-electron chi connectivity index (χ3n) is 3.89. The van der Waals surface area contributed by atoms with E-state index < -0.39 is 0 Å². The van der Waals surface area contributed by atoms with Gasteiger partial charge in [-0.1, -0.05) is 0 Å². The topological polar surface area (TPSA) is 70.6 Å². The molecule has 0 saturated carbocycles. The predicted molar refractivity (Wildman–Crippen MR) is 97.4 cm³/mol. The van der Waals surface area contributed by atoms with Crippen molar-refractivity contribution in [1.29, 1.82) is 0 Å². The van der Waals surface area contributed by atoms with Gasteiger partial charge in [-0.15, -0.1) is 0 Å². The van der Waals surface area contributed by atoms with Crippen molar-refractivity contribution in [3.63, 3.8) is 0 Å². The van der Waals surface area contributed by atoms with Gasteiger partial charge >= 0.3 is 0 Å². The average molecular weight is 341 g/mol. The van der Waals surface area contributed by atoms with Crippen molar-refractivity contribution < 1.29 is 9.53 Å². The molecule has 1 aromatic heterocycles. The number of anilines is 3. The van der Waals surface area contributed by atoms with Gasteiger partial charge in [-0.05, 0) is 44.2 Å². The summed E-state index contributed by atoms with van der Waals surface area (Å²) in [5, 5.41) is 3.28. The molecule has 7 nitrogen and oxygen atoms in total. The summed E-state index contributed by atoms with van der Waals surface area (Å²) in [5.41, 5.74) is 0.937. The summed E-state index contributed by atoms with van der Waals surface area (Å²) in [5.74, 6) is 2.26. The zero-order valence-corrected chi connectivity index (χ0v) is 14.6. The Hall–Kier alpha value is -2.83. The number of nitrogens with zero attached hydrogens (tertiary/aromatic N) is 4. The van der Waals surface area contributed by atoms with Crippen LogP contribution in [0.15, 0.2) is 36.5 Å². The highest BCUT2D eigenvalue weighted by atomic mass is 16.5. The zero-order chi connectivity index (χ0) is 17.6. The van der Waals surface area contributed by atoms with E-state index in [1.807, 2.05) is 44.2 Å². The summed E-state index contributed by atoms with van der Waals surface area (Å²) in [4.78, 5) is 23.6. The van der Waals surface area contributed by atoms with Crippen LogP contribution in [-0.2, 0) is 4.79 Å². The molecular weight excluding hydrogens is 318 g/mol. The predicted octanol–water partition coefficient (Wildman–Crippen LogP) is 2.29. The number of nitrogens with one attached hydrogen (secondary N) is 1. The number of aromatic nitrogens is 2. The van der Waals surface area contributed by atoms with Gasteiger partial charge in [0, 0.05) is 38.1 Å². The second kappa shape index (κ2) is 7.83. The van der Waals surface area contributed by atoms with E-state index in [0.717, 1.165) is 36.8 Å². The maximum absolute atomic E-state index is 10.8. The molecule has 3 rings (SSSR count). The van der Waals surface area contributed by atoms with Gasteiger partial charge in [0.2, 0.25) is 12.4 Å². The van der Waals surface area contributed by atoms with Crippen LogP contribution in [0.25, 0.3) is 0 Å². The Balaban J connectivity index is 1.64. The van der Waals surface area contributed by atoms with E-state index in [4.69, 9.17) is 4.74 Å². The first kappa shape index (κ1) is 17.0. The van der Waals surface area contributed by atoms with Crippen LogP contribution in [0.3, 0.4) is 0 Å². The molecule has 0 atom stereocenters. The zero-order valence-electron chi connectivity index (χ0n) is 14.6. The van der Waals surface area contributed by atoms with E-state index >= 15 is 0 Å². The van der Waals surface area contributed by atoms with Crippen LogP contribution in [0, 0.1) is 0 Å². The third-order valence-corrected chi connectivity index (χ3v) is 3.89. The maximum atomic E-state index is 10.8. The minimum Gasteiger partial charge on any atom is -0.491 e. The summed E-state index contributed by atoms with van der Waals surface area (Å²) < 4.78 is 5.65. The third kappa shape index (κ3) is 4.59. The van der Waals surface area contributed by atoms with Crippen LogP contribution in [0.2, 0.25) is 0 Å². The lowest BCUT2D eigenvalue weighted by Gasteiger charge is -2.32. The molecule has 1 fully saturated rings. The van der Waals surface area contributed by atoms with Crippen molar-refractivity contribution in [2.24, 2.45) is 0 Å². The normalized spacial score (nSPS) is 14.5. The highest BCUT2D eigenvalue weighted by Crippen LogP contribution is 2.21. The average Bonchev–Trinajstić information content (AvgIpc) is 2.63. The van der Waals surface area contributed by atoms with E-state index in [1.54, 1.807) is 11.1 Å². The monoisotopic (exact) mass is 341 g/mol. The molecule has 0 unspecified atom stereocenters. The first-order valence-electron chi connectivity index (χ1n) is 8.45. The molecule has 25 heavy (non-hydrogen) atoms. The van der Waals surface area contributed by atoms with Crippen molar-refractivity contribution in [1.82, 2.24) is 14.9 Å². The number of hydrogen-bond donors (Lipinski definition) is 1. The Bertz CT molecular complexity index is 697. The summed E-state index contributed by atoms with van der Waals surface area (Å²) in [6.07, 6.45) is 2.79. The highest BCUT2D eigenvalue weighted by Gasteiger charge is 2.17. The number of amides is 1. The number of ether oxygens (including phenoxy) is 1. The summed E-state index contributed by atoms with van der Waals surface area (Å²) in [6.45, 7) is 6.88. The van der Waals surface area contributed by atoms with Crippen molar-refractivity contribution in [2.45, 2.75) is 20.0 Å². The second-order valence-corrected chi connectivity index (χ2v) is 6.19. The van der Waals surface area contributed by atoms with Gasteiger partial charge in [0.15, 0.2) is 0 Å². The van der Waals surface area contributed by atoms with Gasteiger partial charge in [0.25, 0.3) is 0 Å². The lowest BCUT2D eigenvalue weighted by atomic mass is 10.3. The fourth-order valence-corrected chi connectivity index (χ4v) is 2.63. The van der Waals surface area contributed by atoms with Crippen molar-refractivity contribution in [3.8, 4) is 5.75 Å². The van der Waals surface area contributed by atoms with Crippen molar-refractivity contribution in [2.75, 3.05) is 36.4 Å². The van der Waals surface area contributed by atoms with Crippen LogP contribution in [0.1, 0.15) is 13.8 Å². The number of carbonyl (C=O) groups excluding carboxylic acids is 1. The number of rotatable bonds is 6. The minimum atomic E-state index is 0.155. The molecule has 1 amide bonds. The van der Waals surface area contributed by atoms with Gasteiger partial charge in [-0.25, -0.2) is 4.98 Å². The van der Waals surface area contributed by atoms with Gasteiger partial charge in [0.1, 0.15) is 11.6 Å². The first-order valence-corrected chi connectivity index (χ1v) is 8.45. The van der Waals surface area contributed by atoms with Gasteiger partial charge in [0.05, 0.1) is 6.10 Å². The highest BCUT2D eigenvalue weighted by molar-refractivity contribution is 5.58. The summed E-state index contributed by atoms with van der Waals surface area (Å²) >= 11 is 0. The molecule has 1 N–H and O–H groups in total. The maximum Gasteiger partial charge on any atom is 0.227 e. The van der Waals surface area contributed by atoms with Crippen LogP contribution in [0.5, 0.6) is 5.75 Å². The van der Waals surface area contributed by atoms with Gasteiger partial charge in [-0.2, -0.15) is 4.98 Å². The lowest BCUT2D eigenvalue weighted by molar-refractivity contribution is -0.118. The van der Waals surface area contributed by atoms with Crippen molar-refractivity contribution in [3.05, 3.63) is 36.5 Å². The summed E-state index contributed by atoms with van der Waals surface area (Å²) in [6, 6.07) is 9.63. The molecule has 1 aliphatic heterocycles. The fraction of sp³-hybridized carbons (Fsp3) is 0.389. The van der Waals surface area contributed by atoms with E-state index in [9.17, 15) is 4.79 Å². The Morgan fingerprint density at radius 1 is 1.12 bits per heavy atom. The first-order chi connectivity index (χ1) is 12.1. The number of benzene rings is 1. The fourth-order valence-electron chi connectivity index (χ4n) is 2.63. The SMILES string of the molecule is CC(C)Oc1ccc(Nc2ccnc(N3CCN(C=O)CC3)n2)cc1. The lowest BCUT2D eigenvalue weighted by Crippen LogP contribution is -2.46. The Morgan fingerprint density at radius 3 is 2.48 bits per heavy atom. The van der Waals surface area contributed by atoms with E-state index in [1.165, 1.54) is 0 Å². The van der Waals surface area contributed by atoms with Gasteiger partial charge < -0.3 is 19.9 Å². The second-order valence-electron chi connectivity index (χ2n) is 6.19. The molecule has 7 heteroatoms. The van der Waals surface area contributed by atoms with Gasteiger partial charge in [-0.3, -0.25) is 4.79 Å². The molecule has 2 aromatic rings. The molecule has 1 aliphatic rings. The summed E-state index contributed by atoms with van der Waals surface area (Å²) in [7, 11) is 0. The molecule has 132 valence electrons. The molecule has 0 bridgehead atoms. The number of hydrogen-bond acceptors (Lipinski definition) is 6. The quantitative estimate of drug-likeness (QED) is 0.813. The molecule has 2 heterocycles.